The Morgan fingerprint density at radius 1 is 1.14 bits per heavy atom. The highest BCUT2D eigenvalue weighted by Crippen LogP contribution is 2.24. The Hall–Kier alpha value is -2.13. The highest BCUT2D eigenvalue weighted by Gasteiger charge is 2.22. The summed E-state index contributed by atoms with van der Waals surface area (Å²) in [6, 6.07) is 11.8. The Morgan fingerprint density at radius 3 is 2.43 bits per heavy atom. The van der Waals surface area contributed by atoms with Crippen molar-refractivity contribution in [2.75, 3.05) is 0 Å². The summed E-state index contributed by atoms with van der Waals surface area (Å²) < 4.78 is 0. The van der Waals surface area contributed by atoms with Gasteiger partial charge in [0.1, 0.15) is 0 Å². The molecule has 0 aliphatic rings. The maximum absolute atomic E-state index is 11.1. The third-order valence-corrected chi connectivity index (χ3v) is 3.61. The SMILES string of the molecule is C[C@@H](O)c1ccc2ccc(C=CC(C)(C)C(=O)O)cc2c1. The zero-order valence-electron chi connectivity index (χ0n) is 12.5. The third-order valence-electron chi connectivity index (χ3n) is 3.61. The van der Waals surface area contributed by atoms with Crippen LogP contribution in [0.25, 0.3) is 16.8 Å². The van der Waals surface area contributed by atoms with E-state index >= 15 is 0 Å². The van der Waals surface area contributed by atoms with Crippen molar-refractivity contribution in [3.05, 3.63) is 53.6 Å². The van der Waals surface area contributed by atoms with Crippen molar-refractivity contribution in [1.29, 1.82) is 0 Å². The molecule has 0 unspecified atom stereocenters. The molecule has 0 spiro atoms. The quantitative estimate of drug-likeness (QED) is 0.891. The molecule has 3 nitrogen and oxygen atoms in total. The van der Waals surface area contributed by atoms with Gasteiger partial charge in [0.2, 0.25) is 0 Å². The van der Waals surface area contributed by atoms with Gasteiger partial charge in [-0.15, -0.1) is 0 Å². The van der Waals surface area contributed by atoms with E-state index in [2.05, 4.69) is 0 Å². The lowest BCUT2D eigenvalue weighted by Gasteiger charge is -2.13. The second-order valence-corrected chi connectivity index (χ2v) is 5.90. The highest BCUT2D eigenvalue weighted by atomic mass is 16.4. The Kier molecular flexibility index (Phi) is 4.14. The molecule has 3 heteroatoms. The summed E-state index contributed by atoms with van der Waals surface area (Å²) in [4.78, 5) is 11.1. The summed E-state index contributed by atoms with van der Waals surface area (Å²) in [6.07, 6.45) is 3.01. The number of aliphatic carboxylic acids is 1. The second kappa shape index (κ2) is 5.70. The number of carboxylic acids is 1. The minimum Gasteiger partial charge on any atom is -0.481 e. The minimum atomic E-state index is -0.892. The van der Waals surface area contributed by atoms with Crippen LogP contribution in [0.5, 0.6) is 0 Å². The molecule has 0 saturated heterocycles. The molecule has 0 amide bonds. The lowest BCUT2D eigenvalue weighted by Crippen LogP contribution is -2.20. The fourth-order valence-corrected chi connectivity index (χ4v) is 2.02. The first-order valence-electron chi connectivity index (χ1n) is 6.94. The van der Waals surface area contributed by atoms with Gasteiger partial charge in [-0.05, 0) is 54.8 Å². The summed E-state index contributed by atoms with van der Waals surface area (Å²) in [7, 11) is 0. The number of aliphatic hydroxyl groups is 1. The first kappa shape index (κ1) is 15.3. The summed E-state index contributed by atoms with van der Waals surface area (Å²) in [6.45, 7) is 5.07. The Labute approximate surface area is 124 Å². The molecule has 21 heavy (non-hydrogen) atoms. The van der Waals surface area contributed by atoms with Crippen LogP contribution < -0.4 is 0 Å². The number of carbonyl (C=O) groups is 1. The van der Waals surface area contributed by atoms with Crippen LogP contribution in [0.3, 0.4) is 0 Å². The van der Waals surface area contributed by atoms with Crippen LogP contribution in [0.15, 0.2) is 42.5 Å². The smallest absolute Gasteiger partial charge is 0.312 e. The minimum absolute atomic E-state index is 0.500. The average Bonchev–Trinajstić information content (AvgIpc) is 2.44. The topological polar surface area (TPSA) is 57.5 Å². The van der Waals surface area contributed by atoms with Crippen molar-refractivity contribution in [3.63, 3.8) is 0 Å². The molecule has 0 aliphatic carbocycles. The number of hydrogen-bond acceptors (Lipinski definition) is 2. The molecule has 0 fully saturated rings. The number of benzene rings is 2. The van der Waals surface area contributed by atoms with E-state index in [-0.39, 0.29) is 0 Å². The standard InChI is InChI=1S/C18H20O3/c1-12(19)15-7-6-14-5-4-13(10-16(14)11-15)8-9-18(2,3)17(20)21/h4-12,19H,1-3H3,(H,20,21)/t12-/m1/s1. The van der Waals surface area contributed by atoms with E-state index in [0.717, 1.165) is 21.9 Å². The van der Waals surface area contributed by atoms with E-state index in [9.17, 15) is 9.90 Å². The van der Waals surface area contributed by atoms with Gasteiger partial charge in [-0.1, -0.05) is 36.4 Å². The largest absolute Gasteiger partial charge is 0.481 e. The Morgan fingerprint density at radius 2 is 1.81 bits per heavy atom. The zero-order valence-corrected chi connectivity index (χ0v) is 12.5. The van der Waals surface area contributed by atoms with Gasteiger partial charge in [-0.25, -0.2) is 0 Å². The molecule has 0 bridgehead atoms. The van der Waals surface area contributed by atoms with Crippen molar-refractivity contribution in [2.24, 2.45) is 5.41 Å². The van der Waals surface area contributed by atoms with Crippen LogP contribution in [0.4, 0.5) is 0 Å². The monoisotopic (exact) mass is 284 g/mol. The number of aliphatic hydroxyl groups excluding tert-OH is 1. The predicted molar refractivity (Wildman–Crippen MR) is 85.0 cm³/mol. The van der Waals surface area contributed by atoms with Crippen molar-refractivity contribution in [3.8, 4) is 0 Å². The summed E-state index contributed by atoms with van der Waals surface area (Å²) in [5.41, 5.74) is 0.922. The van der Waals surface area contributed by atoms with Crippen LogP contribution >= 0.6 is 0 Å². The Bertz CT molecular complexity index is 697. The maximum atomic E-state index is 11.1. The molecule has 0 heterocycles. The molecule has 110 valence electrons. The van der Waals surface area contributed by atoms with Crippen LogP contribution in [-0.2, 0) is 4.79 Å². The van der Waals surface area contributed by atoms with Gasteiger partial charge in [-0.2, -0.15) is 0 Å². The van der Waals surface area contributed by atoms with E-state index in [4.69, 9.17) is 5.11 Å². The van der Waals surface area contributed by atoms with E-state index < -0.39 is 17.5 Å². The van der Waals surface area contributed by atoms with Crippen LogP contribution in [0, 0.1) is 5.41 Å². The summed E-state index contributed by atoms with van der Waals surface area (Å²) in [5, 5.41) is 20.9. The number of carboxylic acid groups (broad SMARTS) is 1. The van der Waals surface area contributed by atoms with Crippen LogP contribution in [0.2, 0.25) is 0 Å². The number of hydrogen-bond donors (Lipinski definition) is 2. The van der Waals surface area contributed by atoms with Crippen LogP contribution in [0.1, 0.15) is 38.0 Å². The maximum Gasteiger partial charge on any atom is 0.312 e. The van der Waals surface area contributed by atoms with Gasteiger partial charge < -0.3 is 10.2 Å². The summed E-state index contributed by atoms with van der Waals surface area (Å²) >= 11 is 0. The fourth-order valence-electron chi connectivity index (χ4n) is 2.02. The second-order valence-electron chi connectivity index (χ2n) is 5.90. The number of fused-ring (bicyclic) bond motifs is 1. The van der Waals surface area contributed by atoms with E-state index in [0.29, 0.717) is 0 Å². The average molecular weight is 284 g/mol. The highest BCUT2D eigenvalue weighted by molar-refractivity contribution is 5.86. The Balaban J connectivity index is 2.38. The van der Waals surface area contributed by atoms with Crippen molar-refractivity contribution in [2.45, 2.75) is 26.9 Å². The molecule has 2 N–H and O–H groups in total. The lowest BCUT2D eigenvalue weighted by atomic mass is 9.92. The van der Waals surface area contributed by atoms with Gasteiger partial charge >= 0.3 is 5.97 Å². The molecule has 0 saturated carbocycles. The molecule has 2 aromatic carbocycles. The lowest BCUT2D eigenvalue weighted by molar-refractivity contribution is -0.144. The molecule has 0 aliphatic heterocycles. The molecule has 0 radical (unpaired) electrons. The molecule has 2 rings (SSSR count). The molecular weight excluding hydrogens is 264 g/mol. The first-order valence-corrected chi connectivity index (χ1v) is 6.94. The van der Waals surface area contributed by atoms with Gasteiger partial charge in [0.15, 0.2) is 0 Å². The van der Waals surface area contributed by atoms with Crippen molar-refractivity contribution in [1.82, 2.24) is 0 Å². The van der Waals surface area contributed by atoms with Gasteiger partial charge in [0, 0.05) is 0 Å². The third kappa shape index (κ3) is 3.50. The van der Waals surface area contributed by atoms with E-state index in [1.54, 1.807) is 26.8 Å². The van der Waals surface area contributed by atoms with Gasteiger partial charge in [-0.3, -0.25) is 4.79 Å². The first-order chi connectivity index (χ1) is 9.79. The fraction of sp³-hybridized carbons (Fsp3) is 0.278. The molecule has 0 aromatic heterocycles. The molecular formula is C18H20O3. The normalized spacial score (nSPS) is 13.7. The number of rotatable bonds is 4. The van der Waals surface area contributed by atoms with E-state index in [1.807, 2.05) is 42.5 Å². The molecule has 1 atom stereocenters. The van der Waals surface area contributed by atoms with Gasteiger partial charge in [0.25, 0.3) is 0 Å². The van der Waals surface area contributed by atoms with Crippen LogP contribution in [-0.4, -0.2) is 16.2 Å². The van der Waals surface area contributed by atoms with Crippen molar-refractivity contribution >= 4 is 22.8 Å². The summed E-state index contributed by atoms with van der Waals surface area (Å²) in [5.74, 6) is -0.851. The van der Waals surface area contributed by atoms with E-state index in [1.165, 1.54) is 0 Å². The van der Waals surface area contributed by atoms with Gasteiger partial charge in [0.05, 0.1) is 11.5 Å². The predicted octanol–water partition coefficient (Wildman–Crippen LogP) is 4.02. The molecule has 2 aromatic rings. The van der Waals surface area contributed by atoms with Crippen molar-refractivity contribution < 1.29 is 15.0 Å². The zero-order chi connectivity index (χ0) is 15.6.